The summed E-state index contributed by atoms with van der Waals surface area (Å²) in [7, 11) is 1.50. The van der Waals surface area contributed by atoms with Gasteiger partial charge in [-0.1, -0.05) is 0 Å². The second-order valence-corrected chi connectivity index (χ2v) is 3.59. The minimum Gasteiger partial charge on any atom is -0.496 e. The number of anilines is 1. The zero-order chi connectivity index (χ0) is 11.0. The van der Waals surface area contributed by atoms with Crippen LogP contribution in [0.4, 0.5) is 10.1 Å². The Kier molecular flexibility index (Phi) is 2.34. The highest BCUT2D eigenvalue weighted by atomic mass is 19.1. The van der Waals surface area contributed by atoms with Crippen LogP contribution >= 0.6 is 0 Å². The molecule has 1 aromatic carbocycles. The summed E-state index contributed by atoms with van der Waals surface area (Å²) < 4.78 is 18.5. The van der Waals surface area contributed by atoms with Crippen LogP contribution in [0, 0.1) is 12.7 Å². The maximum Gasteiger partial charge on any atom is 0.224 e. The van der Waals surface area contributed by atoms with Crippen molar-refractivity contribution in [3.8, 4) is 5.75 Å². The van der Waals surface area contributed by atoms with Crippen molar-refractivity contribution in [2.45, 2.75) is 19.8 Å². The van der Waals surface area contributed by atoms with E-state index in [1.54, 1.807) is 6.92 Å². The molecule has 0 aliphatic carbocycles. The number of amides is 1. The molecule has 0 saturated heterocycles. The number of fused-ring (bicyclic) bond motifs is 1. The van der Waals surface area contributed by atoms with Gasteiger partial charge in [0.15, 0.2) is 0 Å². The molecular formula is C11H12FNO2. The predicted octanol–water partition coefficient (Wildman–Crippen LogP) is 2.03. The molecule has 1 aliphatic rings. The average Bonchev–Trinajstić information content (AvgIpc) is 2.23. The third-order valence-electron chi connectivity index (χ3n) is 2.68. The molecule has 80 valence electrons. The largest absolute Gasteiger partial charge is 0.496 e. The van der Waals surface area contributed by atoms with Crippen molar-refractivity contribution in [3.63, 3.8) is 0 Å². The van der Waals surface area contributed by atoms with Gasteiger partial charge in [0.05, 0.1) is 12.8 Å². The van der Waals surface area contributed by atoms with Crippen molar-refractivity contribution in [2.75, 3.05) is 12.4 Å². The average molecular weight is 209 g/mol. The van der Waals surface area contributed by atoms with E-state index in [-0.39, 0.29) is 11.7 Å². The van der Waals surface area contributed by atoms with Crippen LogP contribution in [-0.2, 0) is 11.2 Å². The van der Waals surface area contributed by atoms with Gasteiger partial charge in [-0.2, -0.15) is 0 Å². The van der Waals surface area contributed by atoms with Crippen molar-refractivity contribution in [1.82, 2.24) is 0 Å². The highest BCUT2D eigenvalue weighted by Crippen LogP contribution is 2.35. The van der Waals surface area contributed by atoms with Crippen molar-refractivity contribution >= 4 is 11.6 Å². The first-order valence-electron chi connectivity index (χ1n) is 4.79. The van der Waals surface area contributed by atoms with E-state index in [2.05, 4.69) is 5.32 Å². The molecule has 1 aromatic rings. The molecule has 0 radical (unpaired) electrons. The van der Waals surface area contributed by atoms with E-state index in [4.69, 9.17) is 4.74 Å². The van der Waals surface area contributed by atoms with E-state index in [9.17, 15) is 9.18 Å². The lowest BCUT2D eigenvalue weighted by Gasteiger charge is -2.21. The normalized spacial score (nSPS) is 14.5. The van der Waals surface area contributed by atoms with Gasteiger partial charge in [0.2, 0.25) is 5.91 Å². The van der Waals surface area contributed by atoms with Crippen LogP contribution in [-0.4, -0.2) is 13.0 Å². The van der Waals surface area contributed by atoms with Gasteiger partial charge >= 0.3 is 0 Å². The van der Waals surface area contributed by atoms with Crippen LogP contribution in [0.5, 0.6) is 5.75 Å². The van der Waals surface area contributed by atoms with Crippen LogP contribution in [0.15, 0.2) is 6.07 Å². The molecule has 3 nitrogen and oxygen atoms in total. The number of rotatable bonds is 1. The van der Waals surface area contributed by atoms with Gasteiger partial charge in [-0.25, -0.2) is 4.39 Å². The van der Waals surface area contributed by atoms with Gasteiger partial charge in [0.25, 0.3) is 0 Å². The number of carbonyl (C=O) groups is 1. The lowest BCUT2D eigenvalue weighted by molar-refractivity contribution is -0.116. The Morgan fingerprint density at radius 3 is 2.87 bits per heavy atom. The van der Waals surface area contributed by atoms with Gasteiger partial charge in [0.1, 0.15) is 11.6 Å². The van der Waals surface area contributed by atoms with E-state index in [0.717, 1.165) is 5.56 Å². The zero-order valence-electron chi connectivity index (χ0n) is 8.69. The monoisotopic (exact) mass is 209 g/mol. The fraction of sp³-hybridized carbons (Fsp3) is 0.364. The quantitative estimate of drug-likeness (QED) is 0.768. The molecule has 4 heteroatoms. The molecule has 1 amide bonds. The first-order valence-corrected chi connectivity index (χ1v) is 4.79. The van der Waals surface area contributed by atoms with Crippen LogP contribution in [0.25, 0.3) is 0 Å². The third kappa shape index (κ3) is 1.56. The van der Waals surface area contributed by atoms with Gasteiger partial charge < -0.3 is 10.1 Å². The molecule has 0 atom stereocenters. The Balaban J connectivity index is 2.61. The Hall–Kier alpha value is -1.58. The Morgan fingerprint density at radius 1 is 1.47 bits per heavy atom. The van der Waals surface area contributed by atoms with Crippen LogP contribution < -0.4 is 10.1 Å². The van der Waals surface area contributed by atoms with E-state index in [1.165, 1.54) is 13.2 Å². The molecular weight excluding hydrogens is 197 g/mol. The Morgan fingerprint density at radius 2 is 2.20 bits per heavy atom. The van der Waals surface area contributed by atoms with Crippen molar-refractivity contribution in [1.29, 1.82) is 0 Å². The number of benzene rings is 1. The van der Waals surface area contributed by atoms with Crippen LogP contribution in [0.1, 0.15) is 17.5 Å². The van der Waals surface area contributed by atoms with E-state index in [0.29, 0.717) is 29.8 Å². The Labute approximate surface area is 87.2 Å². The number of nitrogens with one attached hydrogen (secondary N) is 1. The number of ether oxygens (including phenoxy) is 1. The molecule has 15 heavy (non-hydrogen) atoms. The molecule has 0 aromatic heterocycles. The second-order valence-electron chi connectivity index (χ2n) is 3.59. The number of halogens is 1. The summed E-state index contributed by atoms with van der Waals surface area (Å²) in [4.78, 5) is 11.2. The number of methoxy groups -OCH3 is 1. The highest BCUT2D eigenvalue weighted by Gasteiger charge is 2.22. The SMILES string of the molecule is COc1cc(F)c(C)c2c1CCC(=O)N2. The summed E-state index contributed by atoms with van der Waals surface area (Å²) >= 11 is 0. The molecule has 1 heterocycles. The molecule has 1 aliphatic heterocycles. The summed E-state index contributed by atoms with van der Waals surface area (Å²) in [5, 5.41) is 2.68. The van der Waals surface area contributed by atoms with Crippen LogP contribution in [0.2, 0.25) is 0 Å². The molecule has 0 bridgehead atoms. The molecule has 2 rings (SSSR count). The van der Waals surface area contributed by atoms with Gasteiger partial charge in [-0.15, -0.1) is 0 Å². The topological polar surface area (TPSA) is 38.3 Å². The first kappa shape index (κ1) is 9.96. The first-order chi connectivity index (χ1) is 7.13. The minimum absolute atomic E-state index is 0.0711. The third-order valence-corrected chi connectivity index (χ3v) is 2.68. The number of hydrogen-bond acceptors (Lipinski definition) is 2. The fourth-order valence-electron chi connectivity index (χ4n) is 1.82. The summed E-state index contributed by atoms with van der Waals surface area (Å²) in [5.41, 5.74) is 1.93. The highest BCUT2D eigenvalue weighted by molar-refractivity contribution is 5.95. The maximum atomic E-state index is 13.4. The van der Waals surface area contributed by atoms with Crippen molar-refractivity contribution < 1.29 is 13.9 Å². The molecule has 0 unspecified atom stereocenters. The standard InChI is InChI=1S/C11H12FNO2/c1-6-8(12)5-9(15-2)7-3-4-10(14)13-11(6)7/h5H,3-4H2,1-2H3,(H,13,14). The van der Waals surface area contributed by atoms with Crippen molar-refractivity contribution in [3.05, 3.63) is 23.0 Å². The molecule has 0 spiro atoms. The zero-order valence-corrected chi connectivity index (χ0v) is 8.69. The van der Waals surface area contributed by atoms with E-state index < -0.39 is 0 Å². The van der Waals surface area contributed by atoms with Gasteiger partial charge in [-0.05, 0) is 13.3 Å². The van der Waals surface area contributed by atoms with Crippen LogP contribution in [0.3, 0.4) is 0 Å². The molecule has 0 saturated carbocycles. The summed E-state index contributed by atoms with van der Waals surface area (Å²) in [6.07, 6.45) is 1.03. The molecule has 1 N–H and O–H groups in total. The fourth-order valence-corrected chi connectivity index (χ4v) is 1.82. The smallest absolute Gasteiger partial charge is 0.224 e. The minimum atomic E-state index is -0.354. The maximum absolute atomic E-state index is 13.4. The van der Waals surface area contributed by atoms with Gasteiger partial charge in [0, 0.05) is 23.6 Å². The summed E-state index contributed by atoms with van der Waals surface area (Å²) in [6, 6.07) is 1.37. The predicted molar refractivity (Wildman–Crippen MR) is 54.6 cm³/mol. The lowest BCUT2D eigenvalue weighted by Crippen LogP contribution is -2.21. The molecule has 0 fully saturated rings. The van der Waals surface area contributed by atoms with E-state index in [1.807, 2.05) is 0 Å². The summed E-state index contributed by atoms with van der Waals surface area (Å²) in [6.45, 7) is 1.65. The van der Waals surface area contributed by atoms with Gasteiger partial charge in [-0.3, -0.25) is 4.79 Å². The number of carbonyl (C=O) groups excluding carboxylic acids is 1. The van der Waals surface area contributed by atoms with E-state index >= 15 is 0 Å². The number of hydrogen-bond donors (Lipinski definition) is 1. The van der Waals surface area contributed by atoms with Crippen molar-refractivity contribution in [2.24, 2.45) is 0 Å². The Bertz CT molecular complexity index is 429. The summed E-state index contributed by atoms with van der Waals surface area (Å²) in [5.74, 6) is 0.0825. The second kappa shape index (κ2) is 3.53. The lowest BCUT2D eigenvalue weighted by atomic mass is 9.98.